The first-order chi connectivity index (χ1) is 9.98. The molecule has 0 heterocycles. The minimum Gasteiger partial charge on any atom is -1.00 e. The van der Waals surface area contributed by atoms with Crippen LogP contribution in [0.1, 0.15) is 5.56 Å². The van der Waals surface area contributed by atoms with E-state index < -0.39 is 8.07 Å². The summed E-state index contributed by atoms with van der Waals surface area (Å²) in [4.78, 5) is 0. The van der Waals surface area contributed by atoms with Crippen LogP contribution in [-0.2, 0) is 26.2 Å². The average molecular weight is 457 g/mol. The van der Waals surface area contributed by atoms with Gasteiger partial charge in [-0.2, -0.15) is 34.8 Å². The Balaban J connectivity index is -0.000000347. The van der Waals surface area contributed by atoms with Gasteiger partial charge in [-0.05, 0) is 0 Å². The quantitative estimate of drug-likeness (QED) is 0.266. The maximum atomic E-state index is 3.00. The molecular formula is C20H26Cl2SiZr. The molecule has 0 aliphatic heterocycles. The molecule has 0 N–H and O–H groups in total. The second-order valence-corrected chi connectivity index (χ2v) is 11.1. The van der Waals surface area contributed by atoms with E-state index in [1.807, 2.05) is 12.1 Å². The summed E-state index contributed by atoms with van der Waals surface area (Å²) in [7, 11) is -1.15. The molecule has 0 nitrogen and oxygen atoms in total. The van der Waals surface area contributed by atoms with E-state index >= 15 is 0 Å². The van der Waals surface area contributed by atoms with Crippen molar-refractivity contribution in [3.63, 3.8) is 0 Å². The van der Waals surface area contributed by atoms with Crippen LogP contribution in [0.25, 0.3) is 10.8 Å². The van der Waals surface area contributed by atoms with Crippen molar-refractivity contribution in [2.45, 2.75) is 26.6 Å². The summed E-state index contributed by atoms with van der Waals surface area (Å²) in [6.45, 7) is 15.3. The van der Waals surface area contributed by atoms with Crippen molar-refractivity contribution in [1.82, 2.24) is 0 Å². The van der Waals surface area contributed by atoms with Gasteiger partial charge in [-0.15, -0.1) is 42.8 Å². The van der Waals surface area contributed by atoms with Crippen molar-refractivity contribution in [2.75, 3.05) is 0 Å². The minimum atomic E-state index is -1.15. The molecule has 0 radical (unpaired) electrons. The van der Waals surface area contributed by atoms with Gasteiger partial charge in [-0.25, -0.2) is 11.6 Å². The molecule has 0 aromatic heterocycles. The molecule has 4 heteroatoms. The maximum Gasteiger partial charge on any atom is 4.00 e. The Morgan fingerprint density at radius 1 is 0.917 bits per heavy atom. The van der Waals surface area contributed by atoms with Crippen molar-refractivity contribution >= 4 is 24.0 Å². The zero-order valence-corrected chi connectivity index (χ0v) is 19.9. The molecule has 0 fully saturated rings. The molecule has 0 bridgehead atoms. The summed E-state index contributed by atoms with van der Waals surface area (Å²) >= 11 is 0. The van der Waals surface area contributed by atoms with Gasteiger partial charge in [0.2, 0.25) is 0 Å². The third-order valence-electron chi connectivity index (χ3n) is 3.32. The molecule has 0 unspecified atom stereocenters. The number of fused-ring (bicyclic) bond motifs is 1. The van der Waals surface area contributed by atoms with Crippen LogP contribution in [0.5, 0.6) is 0 Å². The Morgan fingerprint density at radius 3 is 1.92 bits per heavy atom. The van der Waals surface area contributed by atoms with Gasteiger partial charge in [-0.1, -0.05) is 32.6 Å². The van der Waals surface area contributed by atoms with Crippen molar-refractivity contribution in [2.24, 2.45) is 0 Å². The van der Waals surface area contributed by atoms with E-state index in [9.17, 15) is 0 Å². The third-order valence-corrected chi connectivity index (χ3v) is 5.37. The van der Waals surface area contributed by atoms with Crippen LogP contribution in [0.3, 0.4) is 0 Å². The van der Waals surface area contributed by atoms with E-state index in [0.29, 0.717) is 0 Å². The molecule has 0 atom stereocenters. The van der Waals surface area contributed by atoms with Gasteiger partial charge >= 0.3 is 26.2 Å². The summed E-state index contributed by atoms with van der Waals surface area (Å²) < 4.78 is 0. The van der Waals surface area contributed by atoms with Gasteiger partial charge in [0.1, 0.15) is 0 Å². The van der Waals surface area contributed by atoms with Gasteiger partial charge in [-0.3, -0.25) is 0 Å². The smallest absolute Gasteiger partial charge is 1.00 e. The van der Waals surface area contributed by atoms with Crippen LogP contribution in [0, 0.1) is 6.92 Å². The van der Waals surface area contributed by atoms with Gasteiger partial charge in [0.05, 0.1) is 0 Å². The zero-order valence-electron chi connectivity index (χ0n) is 14.9. The van der Waals surface area contributed by atoms with Crippen LogP contribution >= 0.6 is 0 Å². The summed E-state index contributed by atoms with van der Waals surface area (Å²) in [5.41, 5.74) is 1.34. The number of hydrogen-bond donors (Lipinski definition) is 0. The predicted octanol–water partition coefficient (Wildman–Crippen LogP) is -0.374. The van der Waals surface area contributed by atoms with Crippen molar-refractivity contribution < 1.29 is 51.0 Å². The van der Waals surface area contributed by atoms with E-state index in [2.05, 4.69) is 88.3 Å². The van der Waals surface area contributed by atoms with E-state index in [1.54, 1.807) is 5.19 Å². The molecule has 24 heavy (non-hydrogen) atoms. The first-order valence-electron chi connectivity index (χ1n) is 7.32. The normalized spacial score (nSPS) is 9.00. The molecule has 3 rings (SSSR count). The predicted molar refractivity (Wildman–Crippen MR) is 101 cm³/mol. The van der Waals surface area contributed by atoms with Crippen LogP contribution in [0.2, 0.25) is 19.6 Å². The fourth-order valence-electron chi connectivity index (χ4n) is 2.27. The summed E-state index contributed by atoms with van der Waals surface area (Å²) in [6, 6.07) is 21.5. The second-order valence-electron chi connectivity index (χ2n) is 6.05. The summed E-state index contributed by atoms with van der Waals surface area (Å²) in [5.74, 6) is 0. The SMILES string of the molecule is C=C.C[Si](C)(C)c1c[cH-]c2ccccc12.Cc1cc[cH-]c1.[Cl-].[Cl-].[Zr+4]. The minimum absolute atomic E-state index is 0. The Morgan fingerprint density at radius 2 is 1.50 bits per heavy atom. The molecular weight excluding hydrogens is 430 g/mol. The Kier molecular flexibility index (Phi) is 16.4. The number of rotatable bonds is 1. The maximum absolute atomic E-state index is 3.00. The third kappa shape index (κ3) is 8.62. The van der Waals surface area contributed by atoms with Crippen LogP contribution in [0.15, 0.2) is 73.8 Å². The van der Waals surface area contributed by atoms with E-state index in [4.69, 9.17) is 0 Å². The number of benzene rings is 1. The molecule has 3 aromatic carbocycles. The topological polar surface area (TPSA) is 0 Å². The fraction of sp³-hybridized carbons (Fsp3) is 0.200. The average Bonchev–Trinajstić information content (AvgIpc) is 3.09. The van der Waals surface area contributed by atoms with Crippen molar-refractivity contribution in [3.8, 4) is 0 Å². The van der Waals surface area contributed by atoms with Crippen molar-refractivity contribution in [3.05, 3.63) is 79.4 Å². The standard InChI is InChI=1S/C12H15Si.C6H7.C2H4.2ClH.Zr/c1-13(2,3)12-9-8-10-6-4-5-7-11(10)12;1-6-4-2-3-5-6;1-2;;;/h4-9H,1-3H3;2-5H,1H3;1-2H2;2*1H;/q2*-1;;;;+4/p-2. The Bertz CT molecular complexity index is 652. The second kappa shape index (κ2) is 13.8. The first-order valence-corrected chi connectivity index (χ1v) is 10.8. The number of aryl methyl sites for hydroxylation is 1. The molecule has 0 aliphatic carbocycles. The molecule has 0 saturated carbocycles. The number of halogens is 2. The summed E-state index contributed by atoms with van der Waals surface area (Å²) in [6.07, 6.45) is 0. The number of hydrogen-bond acceptors (Lipinski definition) is 0. The van der Waals surface area contributed by atoms with E-state index in [0.717, 1.165) is 0 Å². The molecule has 0 saturated heterocycles. The van der Waals surface area contributed by atoms with Crippen LogP contribution in [0.4, 0.5) is 0 Å². The molecule has 0 spiro atoms. The van der Waals surface area contributed by atoms with Gasteiger partial charge in [0.25, 0.3) is 0 Å². The van der Waals surface area contributed by atoms with E-state index in [1.165, 1.54) is 16.3 Å². The van der Waals surface area contributed by atoms with Gasteiger partial charge < -0.3 is 24.8 Å². The zero-order chi connectivity index (χ0) is 15.9. The molecule has 0 amide bonds. The van der Waals surface area contributed by atoms with Crippen molar-refractivity contribution in [1.29, 1.82) is 0 Å². The fourth-order valence-corrected chi connectivity index (χ4v) is 3.89. The summed E-state index contributed by atoms with van der Waals surface area (Å²) in [5, 5.41) is 4.43. The Hall–Kier alpha value is -0.400. The van der Waals surface area contributed by atoms with Gasteiger partial charge in [0.15, 0.2) is 0 Å². The Labute approximate surface area is 180 Å². The molecule has 0 aliphatic rings. The monoisotopic (exact) mass is 454 g/mol. The van der Waals surface area contributed by atoms with Gasteiger partial charge in [0, 0.05) is 8.07 Å². The van der Waals surface area contributed by atoms with Crippen LogP contribution < -0.4 is 30.0 Å². The molecule has 128 valence electrons. The van der Waals surface area contributed by atoms with Crippen LogP contribution in [-0.4, -0.2) is 8.07 Å². The van der Waals surface area contributed by atoms with E-state index in [-0.39, 0.29) is 51.0 Å². The largest absolute Gasteiger partial charge is 4.00 e. The molecule has 3 aromatic rings. The first kappa shape index (κ1) is 28.4.